The lowest BCUT2D eigenvalue weighted by Crippen LogP contribution is -2.42. The van der Waals surface area contributed by atoms with Crippen molar-refractivity contribution in [2.45, 2.75) is 46.7 Å². The molecule has 322 valence electrons. The van der Waals surface area contributed by atoms with Crippen LogP contribution in [0.3, 0.4) is 0 Å². The maximum atomic E-state index is 4.22. The van der Waals surface area contributed by atoms with E-state index < -0.39 is 0 Å². The minimum absolute atomic E-state index is 0.136. The Morgan fingerprint density at radius 1 is 0.603 bits per heavy atom. The van der Waals surface area contributed by atoms with Crippen LogP contribution in [-0.2, 0) is 0 Å². The van der Waals surface area contributed by atoms with Gasteiger partial charge in [0, 0.05) is 77.9 Å². The summed E-state index contributed by atoms with van der Waals surface area (Å²) in [5, 5.41) is 0. The van der Waals surface area contributed by atoms with Crippen LogP contribution in [0.4, 0.5) is 39.8 Å². The van der Waals surface area contributed by atoms with E-state index in [1.165, 1.54) is 22.4 Å². The standard InChI is InChI=1S/C55H59N5.C3H6/c1-9-13-15-24-43(5)52-30-19-21-32-54(52)57(7)47-36-41-51(42-37-47)60(50-39-34-46(35-40-50)56(6)53-31-20-18-25-44(53)23-10-2)49-29-22-28-45(33-38-49)58(8)55(11-3)59(12-4)48-26-16-14-17-27-48;1-3-2/h9-14,16-21,23-42,55H,3-4,15,22H2,1-2,5-8H3;3H,1H2,2H3/b13-9-,23-10+,43-24+;. The van der Waals surface area contributed by atoms with Crippen LogP contribution < -0.4 is 19.6 Å². The molecule has 0 spiro atoms. The van der Waals surface area contributed by atoms with Gasteiger partial charge in [0.15, 0.2) is 0 Å². The smallest absolute Gasteiger partial charge is 0.124 e. The monoisotopic (exact) mass is 832 g/mol. The molecule has 0 aliphatic heterocycles. The van der Waals surface area contributed by atoms with Crippen molar-refractivity contribution in [2.24, 2.45) is 0 Å². The first kappa shape index (κ1) is 46.8. The van der Waals surface area contributed by atoms with Crippen molar-refractivity contribution in [3.8, 4) is 0 Å². The number of likely N-dealkylation sites (N-methyl/N-ethyl adjacent to an activating group) is 1. The van der Waals surface area contributed by atoms with E-state index in [2.05, 4.69) is 250 Å². The summed E-state index contributed by atoms with van der Waals surface area (Å²) in [5.74, 6) is 0. The van der Waals surface area contributed by atoms with Crippen molar-refractivity contribution in [3.63, 3.8) is 0 Å². The molecule has 1 aliphatic carbocycles. The first-order chi connectivity index (χ1) is 30.7. The van der Waals surface area contributed by atoms with E-state index in [1.807, 2.05) is 37.4 Å². The molecule has 63 heavy (non-hydrogen) atoms. The van der Waals surface area contributed by atoms with Crippen LogP contribution in [-0.4, -0.2) is 32.2 Å². The molecular weight excluding hydrogens is 767 g/mol. The van der Waals surface area contributed by atoms with Crippen LogP contribution in [0.1, 0.15) is 51.7 Å². The highest BCUT2D eigenvalue weighted by atomic mass is 15.3. The molecule has 0 amide bonds. The fraction of sp³-hybridized carbons (Fsp3) is 0.172. The third kappa shape index (κ3) is 11.8. The van der Waals surface area contributed by atoms with Crippen molar-refractivity contribution in [2.75, 3.05) is 40.7 Å². The van der Waals surface area contributed by atoms with Crippen LogP contribution in [0.5, 0.6) is 0 Å². The fourth-order valence-electron chi connectivity index (χ4n) is 7.69. The average molecular weight is 832 g/mol. The summed E-state index contributed by atoms with van der Waals surface area (Å²) < 4.78 is 0. The second-order valence-electron chi connectivity index (χ2n) is 15.2. The molecule has 0 saturated heterocycles. The number of nitrogens with zero attached hydrogens (tertiary/aromatic N) is 5. The molecule has 0 fully saturated rings. The molecule has 0 bridgehead atoms. The number of allylic oxidation sites excluding steroid dienone is 10. The molecule has 0 radical (unpaired) electrons. The highest BCUT2D eigenvalue weighted by molar-refractivity contribution is 5.81. The van der Waals surface area contributed by atoms with Crippen LogP contribution in [0.15, 0.2) is 225 Å². The Labute approximate surface area is 378 Å². The van der Waals surface area contributed by atoms with E-state index in [0.29, 0.717) is 0 Å². The van der Waals surface area contributed by atoms with Crippen LogP contribution in [0.2, 0.25) is 0 Å². The lowest BCUT2D eigenvalue weighted by Gasteiger charge is -2.37. The van der Waals surface area contributed by atoms with E-state index in [1.54, 1.807) is 6.08 Å². The molecule has 0 aromatic heterocycles. The van der Waals surface area contributed by atoms with Gasteiger partial charge in [0.05, 0.1) is 0 Å². The topological polar surface area (TPSA) is 16.2 Å². The van der Waals surface area contributed by atoms with E-state index >= 15 is 0 Å². The minimum Gasteiger partial charge on any atom is -0.351 e. The molecule has 0 N–H and O–H groups in total. The number of para-hydroxylation sites is 3. The molecular formula is C58H65N5. The summed E-state index contributed by atoms with van der Waals surface area (Å²) in [6, 6.07) is 45.2. The van der Waals surface area contributed by atoms with Crippen molar-refractivity contribution in [3.05, 3.63) is 237 Å². The predicted octanol–water partition coefficient (Wildman–Crippen LogP) is 15.8. The van der Waals surface area contributed by atoms with Crippen molar-refractivity contribution in [1.82, 2.24) is 4.90 Å². The van der Waals surface area contributed by atoms with Gasteiger partial charge >= 0.3 is 0 Å². The second kappa shape index (κ2) is 23.7. The quantitative estimate of drug-likeness (QED) is 0.0683. The summed E-state index contributed by atoms with van der Waals surface area (Å²) >= 11 is 0. The van der Waals surface area contributed by atoms with Crippen molar-refractivity contribution in [1.29, 1.82) is 0 Å². The third-order valence-corrected chi connectivity index (χ3v) is 11.0. The Hall–Kier alpha value is -7.24. The van der Waals surface area contributed by atoms with Gasteiger partial charge in [-0.05, 0) is 149 Å². The van der Waals surface area contributed by atoms with Gasteiger partial charge in [-0.2, -0.15) is 0 Å². The number of hydrogen-bond donors (Lipinski definition) is 0. The van der Waals surface area contributed by atoms with Crippen LogP contribution in [0.25, 0.3) is 11.6 Å². The number of benzene rings is 5. The van der Waals surface area contributed by atoms with Crippen LogP contribution >= 0.6 is 0 Å². The summed E-state index contributed by atoms with van der Waals surface area (Å²) in [4.78, 5) is 11.3. The minimum atomic E-state index is -0.136. The molecule has 0 saturated carbocycles. The molecule has 6 rings (SSSR count). The number of hydrogen-bond acceptors (Lipinski definition) is 5. The summed E-state index contributed by atoms with van der Waals surface area (Å²) in [6.45, 7) is 19.9. The number of rotatable bonds is 17. The maximum Gasteiger partial charge on any atom is 0.124 e. The first-order valence-corrected chi connectivity index (χ1v) is 21.7. The normalized spacial score (nSPS) is 12.9. The van der Waals surface area contributed by atoms with Gasteiger partial charge in [-0.25, -0.2) is 0 Å². The highest BCUT2D eigenvalue weighted by Crippen LogP contribution is 2.38. The van der Waals surface area contributed by atoms with E-state index in [0.717, 1.165) is 58.4 Å². The predicted molar refractivity (Wildman–Crippen MR) is 278 cm³/mol. The zero-order valence-corrected chi connectivity index (χ0v) is 38.4. The largest absolute Gasteiger partial charge is 0.351 e. The Kier molecular flexibility index (Phi) is 17.6. The SMILES string of the molecule is C=CC.C=CC(N(C)C1=CCC=C(N(c2ccc(N(C)c3ccccc3/C=C/C)cc2)c2ccc(N(C)c3ccccc3/C(C)=C/C/C=C\C)cc2)C=C1)N(C=C)c1ccccc1. The molecule has 1 unspecified atom stereocenters. The summed E-state index contributed by atoms with van der Waals surface area (Å²) in [5.41, 5.74) is 13.6. The lowest BCUT2D eigenvalue weighted by molar-refractivity contribution is 0.365. The zero-order valence-electron chi connectivity index (χ0n) is 38.4. The Bertz CT molecular complexity index is 2450. The van der Waals surface area contributed by atoms with Gasteiger partial charge in [-0.1, -0.05) is 116 Å². The van der Waals surface area contributed by atoms with Gasteiger partial charge in [0.1, 0.15) is 6.17 Å². The number of anilines is 7. The zero-order chi connectivity index (χ0) is 45.1. The lowest BCUT2D eigenvalue weighted by atomic mass is 10.0. The second-order valence-corrected chi connectivity index (χ2v) is 15.2. The average Bonchev–Trinajstić information content (AvgIpc) is 3.58. The molecule has 1 aliphatic rings. The fourth-order valence-corrected chi connectivity index (χ4v) is 7.69. The van der Waals surface area contributed by atoms with Gasteiger partial charge in [0.25, 0.3) is 0 Å². The first-order valence-electron chi connectivity index (χ1n) is 21.7. The molecule has 1 atom stereocenters. The maximum absolute atomic E-state index is 4.22. The van der Waals surface area contributed by atoms with E-state index in [-0.39, 0.29) is 6.17 Å². The van der Waals surface area contributed by atoms with Gasteiger partial charge in [-0.15, -0.1) is 6.58 Å². The van der Waals surface area contributed by atoms with Crippen molar-refractivity contribution < 1.29 is 0 Å². The molecule has 5 heteroatoms. The molecule has 5 nitrogen and oxygen atoms in total. The summed E-state index contributed by atoms with van der Waals surface area (Å²) in [7, 11) is 6.39. The molecule has 5 aromatic carbocycles. The van der Waals surface area contributed by atoms with Crippen LogP contribution in [0, 0.1) is 0 Å². The van der Waals surface area contributed by atoms with E-state index in [9.17, 15) is 0 Å². The van der Waals surface area contributed by atoms with E-state index in [4.69, 9.17) is 0 Å². The third-order valence-electron chi connectivity index (χ3n) is 11.0. The Morgan fingerprint density at radius 2 is 1.13 bits per heavy atom. The van der Waals surface area contributed by atoms with Gasteiger partial charge < -0.3 is 24.5 Å². The van der Waals surface area contributed by atoms with Gasteiger partial charge in [-0.3, -0.25) is 0 Å². The Balaban J connectivity index is 0.00000242. The Morgan fingerprint density at radius 3 is 1.71 bits per heavy atom. The van der Waals surface area contributed by atoms with Crippen molar-refractivity contribution >= 4 is 51.5 Å². The van der Waals surface area contributed by atoms with Gasteiger partial charge in [0.2, 0.25) is 0 Å². The molecule has 5 aromatic rings. The molecule has 0 heterocycles. The summed E-state index contributed by atoms with van der Waals surface area (Å²) in [6.07, 6.45) is 26.9. The highest BCUT2D eigenvalue weighted by Gasteiger charge is 2.22.